The first-order valence-corrected chi connectivity index (χ1v) is 5.54. The van der Waals surface area contributed by atoms with Gasteiger partial charge < -0.3 is 14.6 Å². The molecule has 0 amide bonds. The molecule has 1 aromatic carbocycles. The summed E-state index contributed by atoms with van der Waals surface area (Å²) in [6.07, 6.45) is -5.19. The molecule has 1 aromatic rings. The fourth-order valence-electron chi connectivity index (χ4n) is 1.29. The Morgan fingerprint density at radius 3 is 2.47 bits per heavy atom. The van der Waals surface area contributed by atoms with Crippen LogP contribution in [-0.4, -0.2) is 31.1 Å². The average Bonchev–Trinajstić information content (AvgIpc) is 2.28. The van der Waals surface area contributed by atoms with E-state index in [4.69, 9.17) is 4.74 Å². The zero-order valence-corrected chi connectivity index (χ0v) is 10.2. The summed E-state index contributed by atoms with van der Waals surface area (Å²) in [5.74, 6) is -0.783. The second-order valence-electron chi connectivity index (χ2n) is 3.88. The lowest BCUT2D eigenvalue weighted by Gasteiger charge is -2.11. The van der Waals surface area contributed by atoms with Gasteiger partial charge in [0.1, 0.15) is 13.2 Å². The topological polar surface area (TPSA) is 38.7 Å². The van der Waals surface area contributed by atoms with E-state index in [1.165, 1.54) is 19.1 Å². The molecule has 0 aliphatic carbocycles. The molecule has 7 heteroatoms. The number of hydrogen-bond acceptors (Lipinski definition) is 3. The number of ether oxygens (including phenoxy) is 2. The number of halogens is 4. The van der Waals surface area contributed by atoms with Crippen LogP contribution in [-0.2, 0) is 4.74 Å². The molecule has 0 saturated carbocycles. The molecule has 3 nitrogen and oxygen atoms in total. The molecule has 1 atom stereocenters. The van der Waals surface area contributed by atoms with Crippen molar-refractivity contribution in [2.24, 2.45) is 0 Å². The molecule has 19 heavy (non-hydrogen) atoms. The van der Waals surface area contributed by atoms with Crippen LogP contribution in [0.5, 0.6) is 5.75 Å². The van der Waals surface area contributed by atoms with Crippen molar-refractivity contribution in [3.05, 3.63) is 29.6 Å². The molecule has 0 saturated heterocycles. The van der Waals surface area contributed by atoms with Gasteiger partial charge in [0, 0.05) is 0 Å². The molecule has 0 aliphatic rings. The maximum absolute atomic E-state index is 13.5. The van der Waals surface area contributed by atoms with Gasteiger partial charge in [-0.3, -0.25) is 0 Å². The van der Waals surface area contributed by atoms with Gasteiger partial charge in [0.25, 0.3) is 0 Å². The lowest BCUT2D eigenvalue weighted by molar-refractivity contribution is -0.175. The predicted octanol–water partition coefficient (Wildman–Crippen LogP) is 2.84. The summed E-state index contributed by atoms with van der Waals surface area (Å²) < 4.78 is 57.9. The van der Waals surface area contributed by atoms with Crippen molar-refractivity contribution in [2.45, 2.75) is 19.2 Å². The number of alkyl halides is 3. The van der Waals surface area contributed by atoms with Gasteiger partial charge in [-0.25, -0.2) is 4.39 Å². The molecule has 0 aliphatic heterocycles. The first kappa shape index (κ1) is 15.7. The highest BCUT2D eigenvalue weighted by Crippen LogP contribution is 2.22. The quantitative estimate of drug-likeness (QED) is 0.644. The third-order valence-corrected chi connectivity index (χ3v) is 2.19. The van der Waals surface area contributed by atoms with Gasteiger partial charge in [-0.1, -0.05) is 6.07 Å². The van der Waals surface area contributed by atoms with Crippen LogP contribution in [0.15, 0.2) is 18.2 Å². The zero-order valence-electron chi connectivity index (χ0n) is 10.2. The van der Waals surface area contributed by atoms with E-state index in [1.807, 2.05) is 0 Å². The van der Waals surface area contributed by atoms with E-state index in [0.717, 1.165) is 6.07 Å². The van der Waals surface area contributed by atoms with Crippen LogP contribution in [0.4, 0.5) is 17.6 Å². The summed E-state index contributed by atoms with van der Waals surface area (Å²) in [4.78, 5) is 0. The summed E-state index contributed by atoms with van der Waals surface area (Å²) in [6.45, 7) is -0.363. The number of aliphatic hydroxyl groups excluding tert-OH is 1. The van der Waals surface area contributed by atoms with Gasteiger partial charge in [0.2, 0.25) is 0 Å². The molecular formula is C12H14F4O3. The molecule has 0 aromatic heterocycles. The summed E-state index contributed by atoms with van der Waals surface area (Å²) in [7, 11) is 0. The summed E-state index contributed by atoms with van der Waals surface area (Å²) in [5.41, 5.74) is 0.387. The molecule has 0 radical (unpaired) electrons. The van der Waals surface area contributed by atoms with E-state index in [-0.39, 0.29) is 19.0 Å². The van der Waals surface area contributed by atoms with Crippen LogP contribution in [0, 0.1) is 5.82 Å². The number of aliphatic hydroxyl groups is 1. The maximum Gasteiger partial charge on any atom is 0.411 e. The van der Waals surface area contributed by atoms with Crippen LogP contribution in [0.2, 0.25) is 0 Å². The Kier molecular flexibility index (Phi) is 5.56. The van der Waals surface area contributed by atoms with Gasteiger partial charge in [-0.05, 0) is 24.6 Å². The van der Waals surface area contributed by atoms with Crippen molar-refractivity contribution in [1.82, 2.24) is 0 Å². The predicted molar refractivity (Wildman–Crippen MR) is 59.4 cm³/mol. The molecule has 1 N–H and O–H groups in total. The van der Waals surface area contributed by atoms with Crippen molar-refractivity contribution in [1.29, 1.82) is 0 Å². The van der Waals surface area contributed by atoms with Crippen molar-refractivity contribution < 1.29 is 32.1 Å². The average molecular weight is 282 g/mol. The minimum Gasteiger partial charge on any atom is -0.488 e. The fraction of sp³-hybridized carbons (Fsp3) is 0.500. The standard InChI is InChI=1S/C12H14F4O3/c1-8(17)9-2-3-11(10(13)6-9)19-5-4-18-7-12(14,15)16/h2-3,6,8,17H,4-5,7H2,1H3/t8-/m1/s1. The summed E-state index contributed by atoms with van der Waals surface area (Å²) >= 11 is 0. The minimum absolute atomic E-state index is 0.0972. The van der Waals surface area contributed by atoms with E-state index in [2.05, 4.69) is 4.74 Å². The number of benzene rings is 1. The van der Waals surface area contributed by atoms with E-state index in [1.54, 1.807) is 0 Å². The first-order chi connectivity index (χ1) is 8.79. The lowest BCUT2D eigenvalue weighted by atomic mass is 10.1. The highest BCUT2D eigenvalue weighted by Gasteiger charge is 2.27. The Bertz CT molecular complexity index is 404. The van der Waals surface area contributed by atoms with Gasteiger partial charge in [-0.2, -0.15) is 13.2 Å². The molecular weight excluding hydrogens is 268 g/mol. The highest BCUT2D eigenvalue weighted by molar-refractivity contribution is 5.30. The second kappa shape index (κ2) is 6.72. The van der Waals surface area contributed by atoms with Crippen LogP contribution in [0.3, 0.4) is 0 Å². The van der Waals surface area contributed by atoms with Crippen molar-refractivity contribution >= 4 is 0 Å². The van der Waals surface area contributed by atoms with E-state index < -0.39 is 24.7 Å². The lowest BCUT2D eigenvalue weighted by Crippen LogP contribution is -2.19. The van der Waals surface area contributed by atoms with Crippen molar-refractivity contribution in [3.8, 4) is 5.75 Å². The second-order valence-corrected chi connectivity index (χ2v) is 3.88. The molecule has 0 bridgehead atoms. The fourth-order valence-corrected chi connectivity index (χ4v) is 1.29. The first-order valence-electron chi connectivity index (χ1n) is 5.54. The van der Waals surface area contributed by atoms with Crippen LogP contribution < -0.4 is 4.74 Å². The monoisotopic (exact) mass is 282 g/mol. The van der Waals surface area contributed by atoms with Crippen molar-refractivity contribution in [3.63, 3.8) is 0 Å². The SMILES string of the molecule is C[C@@H](O)c1ccc(OCCOCC(F)(F)F)c(F)c1. The molecule has 0 heterocycles. The molecule has 0 fully saturated rings. The Balaban J connectivity index is 2.38. The van der Waals surface area contributed by atoms with Gasteiger partial charge in [-0.15, -0.1) is 0 Å². The van der Waals surface area contributed by atoms with E-state index in [0.29, 0.717) is 5.56 Å². The smallest absolute Gasteiger partial charge is 0.411 e. The summed E-state index contributed by atoms with van der Waals surface area (Å²) in [5, 5.41) is 9.23. The third-order valence-electron chi connectivity index (χ3n) is 2.19. The maximum atomic E-state index is 13.5. The molecule has 0 unspecified atom stereocenters. The van der Waals surface area contributed by atoms with Crippen LogP contribution in [0.1, 0.15) is 18.6 Å². The number of hydrogen-bond donors (Lipinski definition) is 1. The summed E-state index contributed by atoms with van der Waals surface area (Å²) in [6, 6.07) is 3.89. The van der Waals surface area contributed by atoms with Gasteiger partial charge >= 0.3 is 6.18 Å². The normalized spacial score (nSPS) is 13.4. The Hall–Kier alpha value is -1.34. The van der Waals surface area contributed by atoms with E-state index in [9.17, 15) is 22.7 Å². The molecule has 0 spiro atoms. The van der Waals surface area contributed by atoms with Crippen molar-refractivity contribution in [2.75, 3.05) is 19.8 Å². The van der Waals surface area contributed by atoms with Gasteiger partial charge in [0.15, 0.2) is 11.6 Å². The third kappa shape index (κ3) is 5.89. The van der Waals surface area contributed by atoms with Crippen LogP contribution >= 0.6 is 0 Å². The highest BCUT2D eigenvalue weighted by atomic mass is 19.4. The Morgan fingerprint density at radius 2 is 1.95 bits per heavy atom. The molecule has 1 rings (SSSR count). The zero-order chi connectivity index (χ0) is 14.5. The largest absolute Gasteiger partial charge is 0.488 e. The Morgan fingerprint density at radius 1 is 1.26 bits per heavy atom. The van der Waals surface area contributed by atoms with E-state index >= 15 is 0 Å². The number of rotatable bonds is 6. The molecule has 108 valence electrons. The minimum atomic E-state index is -4.38. The van der Waals surface area contributed by atoms with Crippen LogP contribution in [0.25, 0.3) is 0 Å². The Labute approximate surface area is 107 Å². The van der Waals surface area contributed by atoms with Gasteiger partial charge in [0.05, 0.1) is 12.7 Å².